The third-order valence-corrected chi connectivity index (χ3v) is 8.36. The summed E-state index contributed by atoms with van der Waals surface area (Å²) in [5.74, 6) is 4.39. The summed E-state index contributed by atoms with van der Waals surface area (Å²) >= 11 is 1.87. The van der Waals surface area contributed by atoms with Gasteiger partial charge in [-0.1, -0.05) is 25.1 Å². The Morgan fingerprint density at radius 3 is 1.97 bits per heavy atom. The maximum Gasteiger partial charge on any atom is 0.188 e. The van der Waals surface area contributed by atoms with Crippen LogP contribution in [-0.2, 0) is 14.9 Å². The molecule has 0 saturated heterocycles. The van der Waals surface area contributed by atoms with Gasteiger partial charge in [0.05, 0.1) is 13.2 Å². The van der Waals surface area contributed by atoms with Crippen LogP contribution in [0.15, 0.2) is 71.6 Å². The molecular weight excluding hydrogens is 516 g/mol. The highest BCUT2D eigenvalue weighted by atomic mass is 32.2. The van der Waals surface area contributed by atoms with Crippen LogP contribution in [0.5, 0.6) is 23.0 Å². The molecule has 1 aliphatic rings. The second-order valence-corrected chi connectivity index (χ2v) is 10.6. The summed E-state index contributed by atoms with van der Waals surface area (Å²) < 4.78 is 33.0. The van der Waals surface area contributed by atoms with Gasteiger partial charge in [-0.05, 0) is 78.4 Å². The highest BCUT2D eigenvalue weighted by molar-refractivity contribution is 7.99. The van der Waals surface area contributed by atoms with Gasteiger partial charge in [0.25, 0.3) is 0 Å². The van der Waals surface area contributed by atoms with Crippen molar-refractivity contribution in [2.75, 3.05) is 53.4 Å². The highest BCUT2D eigenvalue weighted by Crippen LogP contribution is 2.52. The van der Waals surface area contributed by atoms with Crippen LogP contribution in [0.4, 0.5) is 0 Å². The molecule has 0 bridgehead atoms. The minimum absolute atomic E-state index is 0.00674. The zero-order valence-electron chi connectivity index (χ0n) is 22.9. The normalized spacial score (nSPS) is 18.3. The summed E-state index contributed by atoms with van der Waals surface area (Å²) in [7, 11) is 3.25. The predicted molar refractivity (Wildman–Crippen MR) is 152 cm³/mol. The molecule has 1 aliphatic heterocycles. The van der Waals surface area contributed by atoms with Gasteiger partial charge in [-0.3, -0.25) is 0 Å². The molecule has 2 atom stereocenters. The second-order valence-electron chi connectivity index (χ2n) is 9.62. The van der Waals surface area contributed by atoms with Crippen LogP contribution < -0.4 is 18.9 Å². The largest absolute Gasteiger partial charge is 0.494 e. The third kappa shape index (κ3) is 7.60. The van der Waals surface area contributed by atoms with Crippen LogP contribution in [0, 0.1) is 0 Å². The number of ether oxygens (including phenoxy) is 6. The van der Waals surface area contributed by atoms with Crippen molar-refractivity contribution in [3.05, 3.63) is 77.9 Å². The third-order valence-electron chi connectivity index (χ3n) is 6.95. The molecule has 210 valence electrons. The lowest BCUT2D eigenvalue weighted by atomic mass is 9.68. The van der Waals surface area contributed by atoms with Gasteiger partial charge in [0, 0.05) is 30.3 Å². The predicted octanol–water partition coefficient (Wildman–Crippen LogP) is 6.03. The Kier molecular flexibility index (Phi) is 10.8. The van der Waals surface area contributed by atoms with Crippen molar-refractivity contribution < 1.29 is 33.5 Å². The van der Waals surface area contributed by atoms with E-state index in [2.05, 4.69) is 31.2 Å². The van der Waals surface area contributed by atoms with Gasteiger partial charge in [0.15, 0.2) is 13.6 Å². The van der Waals surface area contributed by atoms with E-state index in [0.29, 0.717) is 12.5 Å². The van der Waals surface area contributed by atoms with Crippen molar-refractivity contribution in [2.24, 2.45) is 0 Å². The first-order chi connectivity index (χ1) is 19.1. The van der Waals surface area contributed by atoms with Crippen molar-refractivity contribution in [3.8, 4) is 23.0 Å². The molecule has 7 nitrogen and oxygen atoms in total. The topological polar surface area (TPSA) is 75.6 Å². The number of rotatable bonds is 15. The number of hydrogen-bond acceptors (Lipinski definition) is 8. The van der Waals surface area contributed by atoms with E-state index in [1.165, 1.54) is 16.0 Å². The minimum Gasteiger partial charge on any atom is -0.494 e. The van der Waals surface area contributed by atoms with Crippen molar-refractivity contribution in [1.29, 1.82) is 0 Å². The quantitative estimate of drug-likeness (QED) is 0.180. The molecule has 3 aromatic rings. The van der Waals surface area contributed by atoms with Gasteiger partial charge < -0.3 is 33.5 Å². The van der Waals surface area contributed by atoms with Crippen molar-refractivity contribution in [3.63, 3.8) is 0 Å². The number of benzene rings is 3. The van der Waals surface area contributed by atoms with Crippen LogP contribution in [0.3, 0.4) is 0 Å². The Labute approximate surface area is 235 Å². The summed E-state index contributed by atoms with van der Waals surface area (Å²) in [4.78, 5) is 1.26. The molecule has 1 heterocycles. The standard InChI is InChI=1S/C31H38O7S/c1-31(23-6-8-26(9-7-23)37-21-33-2)20-39-30-19-27(38-22-34-3)14-15-28(30)29(31)5-4-17-35-24-10-12-25(13-11-24)36-18-16-32/h6-15,19,29,32H,4-5,16-18,20-22H2,1-3H3. The van der Waals surface area contributed by atoms with E-state index in [9.17, 15) is 0 Å². The Hall–Kier alpha value is -2.91. The van der Waals surface area contributed by atoms with E-state index in [-0.39, 0.29) is 32.2 Å². The van der Waals surface area contributed by atoms with Crippen LogP contribution in [0.2, 0.25) is 0 Å². The average molecular weight is 555 g/mol. The maximum atomic E-state index is 8.92. The Bertz CT molecular complexity index is 1150. The summed E-state index contributed by atoms with van der Waals surface area (Å²) in [5.41, 5.74) is 2.55. The minimum atomic E-state index is -0.0714. The van der Waals surface area contributed by atoms with Gasteiger partial charge in [0.2, 0.25) is 0 Å². The number of fused-ring (bicyclic) bond motifs is 1. The molecule has 3 aromatic carbocycles. The Morgan fingerprint density at radius 2 is 1.33 bits per heavy atom. The molecule has 8 heteroatoms. The second kappa shape index (κ2) is 14.5. The van der Waals surface area contributed by atoms with E-state index in [1.807, 2.05) is 54.2 Å². The van der Waals surface area contributed by atoms with E-state index in [4.69, 9.17) is 33.5 Å². The van der Waals surface area contributed by atoms with Gasteiger partial charge >= 0.3 is 0 Å². The fourth-order valence-electron chi connectivity index (χ4n) is 4.91. The number of thioether (sulfide) groups is 1. The van der Waals surface area contributed by atoms with Crippen LogP contribution in [0.1, 0.15) is 36.8 Å². The van der Waals surface area contributed by atoms with E-state index >= 15 is 0 Å². The number of hydrogen-bond donors (Lipinski definition) is 1. The van der Waals surface area contributed by atoms with Crippen molar-refractivity contribution >= 4 is 11.8 Å². The van der Waals surface area contributed by atoms with E-state index < -0.39 is 0 Å². The fourth-order valence-corrected chi connectivity index (χ4v) is 6.31. The number of methoxy groups -OCH3 is 2. The number of aliphatic hydroxyl groups is 1. The molecule has 0 spiro atoms. The molecule has 4 rings (SSSR count). The zero-order chi connectivity index (χ0) is 27.5. The van der Waals surface area contributed by atoms with Gasteiger partial charge in [-0.2, -0.15) is 0 Å². The zero-order valence-corrected chi connectivity index (χ0v) is 23.7. The lowest BCUT2D eigenvalue weighted by molar-refractivity contribution is 0.0508. The first kappa shape index (κ1) is 29.1. The van der Waals surface area contributed by atoms with Crippen LogP contribution in [-0.4, -0.2) is 58.5 Å². The summed E-state index contributed by atoms with van der Waals surface area (Å²) in [6, 6.07) is 22.3. The molecule has 0 fully saturated rings. The average Bonchev–Trinajstić information content (AvgIpc) is 2.97. The van der Waals surface area contributed by atoms with Gasteiger partial charge in [-0.25, -0.2) is 0 Å². The summed E-state index contributed by atoms with van der Waals surface area (Å²) in [6.07, 6.45) is 1.88. The highest BCUT2D eigenvalue weighted by Gasteiger charge is 2.41. The Morgan fingerprint density at radius 1 is 0.769 bits per heavy atom. The monoisotopic (exact) mass is 554 g/mol. The molecule has 2 unspecified atom stereocenters. The lowest BCUT2D eigenvalue weighted by Gasteiger charge is -2.43. The van der Waals surface area contributed by atoms with Crippen molar-refractivity contribution in [2.45, 2.75) is 36.0 Å². The molecule has 0 saturated carbocycles. The number of aliphatic hydroxyl groups excluding tert-OH is 1. The first-order valence-electron chi connectivity index (χ1n) is 13.1. The summed E-state index contributed by atoms with van der Waals surface area (Å²) in [5, 5.41) is 8.92. The molecule has 0 aromatic heterocycles. The molecule has 0 amide bonds. The molecular formula is C31H38O7S. The fraction of sp³-hybridized carbons (Fsp3) is 0.419. The van der Waals surface area contributed by atoms with Gasteiger partial charge in [0.1, 0.15) is 29.6 Å². The maximum absolute atomic E-state index is 8.92. The molecule has 39 heavy (non-hydrogen) atoms. The van der Waals surface area contributed by atoms with E-state index in [1.54, 1.807) is 14.2 Å². The molecule has 0 aliphatic carbocycles. The SMILES string of the molecule is COCOc1ccc(C2(C)CSc3cc(OCOC)ccc3C2CCCOc2ccc(OCCO)cc2)cc1. The van der Waals surface area contributed by atoms with Crippen LogP contribution in [0.25, 0.3) is 0 Å². The summed E-state index contributed by atoms with van der Waals surface area (Å²) in [6.45, 7) is 3.71. The Balaban J connectivity index is 1.49. The molecule has 0 radical (unpaired) electrons. The smallest absolute Gasteiger partial charge is 0.188 e. The van der Waals surface area contributed by atoms with E-state index in [0.717, 1.165) is 41.6 Å². The van der Waals surface area contributed by atoms with Gasteiger partial charge in [-0.15, -0.1) is 11.8 Å². The van der Waals surface area contributed by atoms with Crippen molar-refractivity contribution in [1.82, 2.24) is 0 Å². The molecule has 1 N–H and O–H groups in total. The first-order valence-corrected chi connectivity index (χ1v) is 14.1. The lowest BCUT2D eigenvalue weighted by Crippen LogP contribution is -2.36. The van der Waals surface area contributed by atoms with Crippen LogP contribution >= 0.6 is 11.8 Å².